The van der Waals surface area contributed by atoms with E-state index in [1.165, 1.54) is 0 Å². The van der Waals surface area contributed by atoms with Gasteiger partial charge in [-0.15, -0.1) is 0 Å². The lowest BCUT2D eigenvalue weighted by molar-refractivity contribution is -0.138. The molecular formula is C18H23N3O3. The molecule has 1 aromatic heterocycles. The lowest BCUT2D eigenvalue weighted by Crippen LogP contribution is -2.46. The van der Waals surface area contributed by atoms with Crippen LogP contribution >= 0.6 is 0 Å². The zero-order valence-corrected chi connectivity index (χ0v) is 14.2. The lowest BCUT2D eigenvalue weighted by Gasteiger charge is -2.39. The first kappa shape index (κ1) is 15.4. The van der Waals surface area contributed by atoms with Gasteiger partial charge in [-0.1, -0.05) is 6.07 Å². The number of likely N-dealkylation sites (tertiary alicyclic amines) is 1. The monoisotopic (exact) mass is 329 g/mol. The number of nitrogens with zero attached hydrogens (tertiary/aromatic N) is 3. The zero-order valence-electron chi connectivity index (χ0n) is 14.2. The van der Waals surface area contributed by atoms with Gasteiger partial charge in [0.2, 0.25) is 5.91 Å². The highest BCUT2D eigenvalue weighted by atomic mass is 16.5. The minimum atomic E-state index is -0.0294. The van der Waals surface area contributed by atoms with Gasteiger partial charge in [-0.25, -0.2) is 4.79 Å². The molecule has 4 rings (SSSR count). The van der Waals surface area contributed by atoms with E-state index in [1.807, 2.05) is 23.1 Å². The lowest BCUT2D eigenvalue weighted by atomic mass is 9.79. The van der Waals surface area contributed by atoms with Crippen LogP contribution in [0.15, 0.2) is 23.0 Å². The third-order valence-electron chi connectivity index (χ3n) is 5.64. The van der Waals surface area contributed by atoms with Crippen molar-refractivity contribution in [3.05, 3.63) is 34.2 Å². The highest BCUT2D eigenvalue weighted by molar-refractivity contribution is 5.79. The van der Waals surface area contributed by atoms with E-state index in [1.54, 1.807) is 23.2 Å². The minimum Gasteiger partial charge on any atom is -0.381 e. The maximum atomic E-state index is 12.4. The Morgan fingerprint density at radius 1 is 1.12 bits per heavy atom. The number of aromatic nitrogens is 2. The van der Waals surface area contributed by atoms with Gasteiger partial charge in [0.15, 0.2) is 0 Å². The number of aryl methyl sites for hydroxylation is 2. The van der Waals surface area contributed by atoms with Crippen LogP contribution in [-0.2, 0) is 30.2 Å². The number of ether oxygens (including phenoxy) is 1. The summed E-state index contributed by atoms with van der Waals surface area (Å²) in [5.74, 6) is 0.217. The topological polar surface area (TPSA) is 56.5 Å². The van der Waals surface area contributed by atoms with Crippen molar-refractivity contribution in [1.82, 2.24) is 14.0 Å². The number of piperidine rings is 1. The van der Waals surface area contributed by atoms with Gasteiger partial charge in [0.05, 0.1) is 17.6 Å². The van der Waals surface area contributed by atoms with Crippen LogP contribution in [0.3, 0.4) is 0 Å². The number of hydrogen-bond acceptors (Lipinski definition) is 3. The van der Waals surface area contributed by atoms with Crippen LogP contribution in [-0.4, -0.2) is 39.7 Å². The summed E-state index contributed by atoms with van der Waals surface area (Å²) in [5, 5.41) is 0. The molecule has 0 N–H and O–H groups in total. The van der Waals surface area contributed by atoms with Crippen LogP contribution in [0.4, 0.5) is 0 Å². The van der Waals surface area contributed by atoms with Gasteiger partial charge >= 0.3 is 5.69 Å². The van der Waals surface area contributed by atoms with E-state index in [9.17, 15) is 9.59 Å². The van der Waals surface area contributed by atoms with Crippen molar-refractivity contribution in [3.8, 4) is 0 Å². The number of hydrogen-bond donors (Lipinski definition) is 0. The van der Waals surface area contributed by atoms with Crippen molar-refractivity contribution < 1.29 is 9.53 Å². The highest BCUT2D eigenvalue weighted by Crippen LogP contribution is 2.38. The number of carbonyl (C=O) groups excluding carboxylic acids is 1. The smallest absolute Gasteiger partial charge is 0.328 e. The number of imidazole rings is 1. The van der Waals surface area contributed by atoms with E-state index in [0.717, 1.165) is 49.2 Å². The summed E-state index contributed by atoms with van der Waals surface area (Å²) < 4.78 is 8.89. The van der Waals surface area contributed by atoms with Gasteiger partial charge < -0.3 is 9.64 Å². The van der Waals surface area contributed by atoms with E-state index < -0.39 is 0 Å². The summed E-state index contributed by atoms with van der Waals surface area (Å²) in [6.45, 7) is 2.94. The molecule has 1 aromatic carbocycles. The Hall–Kier alpha value is -2.08. The van der Waals surface area contributed by atoms with Gasteiger partial charge in [-0.2, -0.15) is 0 Å². The first-order valence-electron chi connectivity index (χ1n) is 8.49. The summed E-state index contributed by atoms with van der Waals surface area (Å²) in [6, 6.07) is 6.01. The van der Waals surface area contributed by atoms with E-state index in [2.05, 4.69) is 0 Å². The van der Waals surface area contributed by atoms with Gasteiger partial charge in [-0.05, 0) is 30.5 Å². The van der Waals surface area contributed by atoms with Crippen LogP contribution < -0.4 is 5.69 Å². The maximum absolute atomic E-state index is 12.4. The highest BCUT2D eigenvalue weighted by Gasteiger charge is 2.41. The van der Waals surface area contributed by atoms with Gasteiger partial charge in [-0.3, -0.25) is 13.9 Å². The molecule has 1 amide bonds. The van der Waals surface area contributed by atoms with Crippen LogP contribution in [0.25, 0.3) is 11.0 Å². The molecule has 6 nitrogen and oxygen atoms in total. The van der Waals surface area contributed by atoms with Gasteiger partial charge in [0, 0.05) is 45.6 Å². The summed E-state index contributed by atoms with van der Waals surface area (Å²) in [5.41, 5.74) is 3.00. The molecule has 1 spiro atoms. The van der Waals surface area contributed by atoms with Crippen LogP contribution in [0.1, 0.15) is 24.8 Å². The molecule has 2 aromatic rings. The Bertz CT molecular complexity index is 858. The van der Waals surface area contributed by atoms with Crippen molar-refractivity contribution in [1.29, 1.82) is 0 Å². The Morgan fingerprint density at radius 3 is 2.67 bits per heavy atom. The third kappa shape index (κ3) is 2.36. The first-order chi connectivity index (χ1) is 11.5. The molecule has 0 saturated carbocycles. The van der Waals surface area contributed by atoms with Crippen molar-refractivity contribution in [2.75, 3.05) is 19.8 Å². The number of benzene rings is 1. The Labute approximate surface area is 140 Å². The van der Waals surface area contributed by atoms with E-state index in [-0.39, 0.29) is 17.0 Å². The molecule has 2 aliphatic rings. The summed E-state index contributed by atoms with van der Waals surface area (Å²) in [4.78, 5) is 26.4. The number of carbonyl (C=O) groups is 1. The SMILES string of the molecule is Cn1c(=O)n(C)c2cc(CN3C[C@]4(CCOC4)CCC3=O)ccc21. The minimum absolute atomic E-state index is 0.0294. The second kappa shape index (κ2) is 5.48. The quantitative estimate of drug-likeness (QED) is 0.837. The average Bonchev–Trinajstić information content (AvgIpc) is 3.11. The maximum Gasteiger partial charge on any atom is 0.328 e. The number of fused-ring (bicyclic) bond motifs is 1. The summed E-state index contributed by atoms with van der Waals surface area (Å²) >= 11 is 0. The fraction of sp³-hybridized carbons (Fsp3) is 0.556. The fourth-order valence-corrected chi connectivity index (χ4v) is 4.09. The molecule has 6 heteroatoms. The third-order valence-corrected chi connectivity index (χ3v) is 5.64. The molecule has 0 bridgehead atoms. The molecule has 128 valence electrons. The molecule has 3 heterocycles. The molecule has 2 saturated heterocycles. The normalized spacial score (nSPS) is 24.4. The van der Waals surface area contributed by atoms with E-state index >= 15 is 0 Å². The Kier molecular flexibility index (Phi) is 3.53. The second-order valence-corrected chi connectivity index (χ2v) is 7.28. The van der Waals surface area contributed by atoms with Crippen molar-refractivity contribution in [2.45, 2.75) is 25.8 Å². The predicted molar refractivity (Wildman–Crippen MR) is 90.7 cm³/mol. The molecule has 1 atom stereocenters. The van der Waals surface area contributed by atoms with Crippen molar-refractivity contribution in [2.24, 2.45) is 19.5 Å². The largest absolute Gasteiger partial charge is 0.381 e. The Morgan fingerprint density at radius 2 is 1.92 bits per heavy atom. The predicted octanol–water partition coefficient (Wildman–Crippen LogP) is 1.41. The van der Waals surface area contributed by atoms with E-state index in [0.29, 0.717) is 13.0 Å². The Balaban J connectivity index is 1.62. The fourth-order valence-electron chi connectivity index (χ4n) is 4.09. The standard InChI is InChI=1S/C18H23N3O3/c1-19-14-4-3-13(9-15(14)20(2)17(19)23)10-21-11-18(6-5-16(21)22)7-8-24-12-18/h3-4,9H,5-8,10-12H2,1-2H3/t18-/m1/s1. The second-order valence-electron chi connectivity index (χ2n) is 7.28. The molecule has 0 radical (unpaired) electrons. The zero-order chi connectivity index (χ0) is 16.9. The number of amides is 1. The summed E-state index contributed by atoms with van der Waals surface area (Å²) in [7, 11) is 3.56. The molecule has 0 unspecified atom stereocenters. The van der Waals surface area contributed by atoms with Gasteiger partial charge in [0.25, 0.3) is 0 Å². The number of rotatable bonds is 2. The average molecular weight is 329 g/mol. The molecule has 24 heavy (non-hydrogen) atoms. The van der Waals surface area contributed by atoms with Crippen molar-refractivity contribution in [3.63, 3.8) is 0 Å². The molecular weight excluding hydrogens is 306 g/mol. The molecule has 2 aliphatic heterocycles. The van der Waals surface area contributed by atoms with Crippen LogP contribution in [0.5, 0.6) is 0 Å². The van der Waals surface area contributed by atoms with Crippen molar-refractivity contribution >= 4 is 16.9 Å². The molecule has 2 fully saturated rings. The van der Waals surface area contributed by atoms with E-state index in [4.69, 9.17) is 4.74 Å². The van der Waals surface area contributed by atoms with Crippen LogP contribution in [0.2, 0.25) is 0 Å². The van der Waals surface area contributed by atoms with Gasteiger partial charge in [0.1, 0.15) is 0 Å². The molecule has 0 aliphatic carbocycles. The first-order valence-corrected chi connectivity index (χ1v) is 8.49. The summed E-state index contributed by atoms with van der Waals surface area (Å²) in [6.07, 6.45) is 2.59. The van der Waals surface area contributed by atoms with Crippen LogP contribution in [0, 0.1) is 5.41 Å².